The summed E-state index contributed by atoms with van der Waals surface area (Å²) >= 11 is 3.40. The van der Waals surface area contributed by atoms with Crippen molar-refractivity contribution >= 4 is 33.2 Å². The highest BCUT2D eigenvalue weighted by molar-refractivity contribution is 9.10. The Morgan fingerprint density at radius 2 is 2.11 bits per heavy atom. The summed E-state index contributed by atoms with van der Waals surface area (Å²) in [7, 11) is 3.87. The number of hydrogen-bond acceptors (Lipinski definition) is 3. The highest BCUT2D eigenvalue weighted by Gasteiger charge is 2.09. The van der Waals surface area contributed by atoms with Gasteiger partial charge in [0.05, 0.1) is 17.5 Å². The van der Waals surface area contributed by atoms with Gasteiger partial charge in [0, 0.05) is 18.6 Å². The predicted octanol–water partition coefficient (Wildman–Crippen LogP) is 2.88. The van der Waals surface area contributed by atoms with Gasteiger partial charge >= 0.3 is 0 Å². The maximum absolute atomic E-state index is 11.7. The van der Waals surface area contributed by atoms with Crippen LogP contribution in [0.4, 0.5) is 11.4 Å². The molecule has 0 unspecified atom stereocenters. The molecule has 0 aliphatic heterocycles. The van der Waals surface area contributed by atoms with E-state index in [0.29, 0.717) is 0 Å². The van der Waals surface area contributed by atoms with Crippen LogP contribution in [-0.4, -0.2) is 32.7 Å². The Kier molecular flexibility index (Phi) is 5.62. The van der Waals surface area contributed by atoms with Crippen LogP contribution in [0.15, 0.2) is 22.7 Å². The van der Waals surface area contributed by atoms with Crippen molar-refractivity contribution in [3.63, 3.8) is 0 Å². The smallest absolute Gasteiger partial charge is 0.250 e. The van der Waals surface area contributed by atoms with Gasteiger partial charge in [-0.2, -0.15) is 0 Å². The third-order valence-electron chi connectivity index (χ3n) is 2.26. The average molecular weight is 315 g/mol. The van der Waals surface area contributed by atoms with Crippen LogP contribution >= 0.6 is 15.9 Å². The predicted molar refractivity (Wildman–Crippen MR) is 78.2 cm³/mol. The first-order valence-electron chi connectivity index (χ1n) is 5.78. The second-order valence-corrected chi connectivity index (χ2v) is 5.38. The number of carbonyl (C=O) groups is 1. The van der Waals surface area contributed by atoms with E-state index in [9.17, 15) is 4.79 Å². The van der Waals surface area contributed by atoms with Crippen LogP contribution in [0.5, 0.6) is 0 Å². The van der Waals surface area contributed by atoms with Crippen LogP contribution in [-0.2, 0) is 9.53 Å². The van der Waals surface area contributed by atoms with E-state index in [1.807, 2.05) is 51.0 Å². The van der Waals surface area contributed by atoms with Crippen LogP contribution in [0.3, 0.4) is 0 Å². The number of nitrogens with one attached hydrogen (secondary N) is 1. The number of carbonyl (C=O) groups excluding carboxylic acids is 1. The van der Waals surface area contributed by atoms with Crippen molar-refractivity contribution < 1.29 is 9.53 Å². The Labute approximate surface area is 116 Å². The van der Waals surface area contributed by atoms with E-state index in [0.717, 1.165) is 15.8 Å². The Morgan fingerprint density at radius 3 is 2.67 bits per heavy atom. The van der Waals surface area contributed by atoms with E-state index >= 15 is 0 Å². The second-order valence-electron chi connectivity index (χ2n) is 4.46. The maximum Gasteiger partial charge on any atom is 0.250 e. The quantitative estimate of drug-likeness (QED) is 0.908. The minimum absolute atomic E-state index is 0.0478. The molecule has 0 bridgehead atoms. The van der Waals surface area contributed by atoms with Crippen molar-refractivity contribution in [1.82, 2.24) is 0 Å². The van der Waals surface area contributed by atoms with Crippen LogP contribution in [0.1, 0.15) is 13.8 Å². The number of nitrogens with zero attached hydrogens (tertiary/aromatic N) is 1. The van der Waals surface area contributed by atoms with Crippen molar-refractivity contribution in [3.05, 3.63) is 22.7 Å². The molecular weight excluding hydrogens is 296 g/mol. The molecular formula is C13H19BrN2O2. The molecule has 0 aliphatic carbocycles. The van der Waals surface area contributed by atoms with Crippen LogP contribution < -0.4 is 10.2 Å². The van der Waals surface area contributed by atoms with E-state index in [1.54, 1.807) is 0 Å². The third kappa shape index (κ3) is 4.66. The Hall–Kier alpha value is -1.07. The lowest BCUT2D eigenvalue weighted by atomic mass is 10.2. The number of halogens is 1. The molecule has 1 aromatic rings. The van der Waals surface area contributed by atoms with Crippen molar-refractivity contribution in [2.24, 2.45) is 0 Å². The van der Waals surface area contributed by atoms with Crippen LogP contribution in [0, 0.1) is 0 Å². The molecule has 100 valence electrons. The highest BCUT2D eigenvalue weighted by atomic mass is 79.9. The van der Waals surface area contributed by atoms with Crippen molar-refractivity contribution in [1.29, 1.82) is 0 Å². The summed E-state index contributed by atoms with van der Waals surface area (Å²) in [5.74, 6) is -0.148. The molecule has 1 aromatic carbocycles. The number of rotatable bonds is 5. The van der Waals surface area contributed by atoms with E-state index in [2.05, 4.69) is 21.2 Å². The first-order valence-corrected chi connectivity index (χ1v) is 6.57. The summed E-state index contributed by atoms with van der Waals surface area (Å²) in [6, 6.07) is 5.77. The standard InChI is InChI=1S/C13H19BrN2O2/c1-9(2)18-8-13(17)15-11-7-10(14)5-6-12(11)16(3)4/h5-7,9H,8H2,1-4H3,(H,15,17). The molecule has 4 nitrogen and oxygen atoms in total. The fraction of sp³-hybridized carbons (Fsp3) is 0.462. The molecule has 0 fully saturated rings. The lowest BCUT2D eigenvalue weighted by Crippen LogP contribution is -2.22. The fourth-order valence-electron chi connectivity index (χ4n) is 1.43. The van der Waals surface area contributed by atoms with Gasteiger partial charge in [-0.25, -0.2) is 0 Å². The molecule has 0 heterocycles. The highest BCUT2D eigenvalue weighted by Crippen LogP contribution is 2.27. The maximum atomic E-state index is 11.7. The SMILES string of the molecule is CC(C)OCC(=O)Nc1cc(Br)ccc1N(C)C. The molecule has 1 rings (SSSR count). The first kappa shape index (κ1) is 15.0. The number of benzene rings is 1. The second kappa shape index (κ2) is 6.75. The zero-order valence-corrected chi connectivity index (χ0v) is 12.7. The minimum Gasteiger partial charge on any atom is -0.376 e. The molecule has 0 atom stereocenters. The average Bonchev–Trinajstić information content (AvgIpc) is 2.26. The van der Waals surface area contributed by atoms with Gasteiger partial charge in [0.1, 0.15) is 6.61 Å². The van der Waals surface area contributed by atoms with Gasteiger partial charge in [-0.3, -0.25) is 4.79 Å². The van der Waals surface area contributed by atoms with Crippen molar-refractivity contribution in [3.8, 4) is 0 Å². The van der Waals surface area contributed by atoms with Gasteiger partial charge in [0.15, 0.2) is 0 Å². The van der Waals surface area contributed by atoms with E-state index in [-0.39, 0.29) is 18.6 Å². The first-order chi connectivity index (χ1) is 8.40. The van der Waals surface area contributed by atoms with Crippen LogP contribution in [0.25, 0.3) is 0 Å². The Morgan fingerprint density at radius 1 is 1.44 bits per heavy atom. The van der Waals surface area contributed by atoms with Gasteiger partial charge in [-0.1, -0.05) is 15.9 Å². The van der Waals surface area contributed by atoms with Crippen molar-refractivity contribution in [2.75, 3.05) is 30.9 Å². The van der Waals surface area contributed by atoms with Crippen LogP contribution in [0.2, 0.25) is 0 Å². The summed E-state index contributed by atoms with van der Waals surface area (Å²) < 4.78 is 6.19. The molecule has 0 saturated carbocycles. The number of hydrogen-bond donors (Lipinski definition) is 1. The lowest BCUT2D eigenvalue weighted by molar-refractivity contribution is -0.121. The van der Waals surface area contributed by atoms with Gasteiger partial charge in [-0.15, -0.1) is 0 Å². The third-order valence-corrected chi connectivity index (χ3v) is 2.76. The molecule has 18 heavy (non-hydrogen) atoms. The molecule has 0 aromatic heterocycles. The molecule has 5 heteroatoms. The van der Waals surface area contributed by atoms with Gasteiger partial charge in [0.2, 0.25) is 5.91 Å². The summed E-state index contributed by atoms with van der Waals surface area (Å²) in [4.78, 5) is 13.7. The van der Waals surface area contributed by atoms with Gasteiger partial charge in [0.25, 0.3) is 0 Å². The minimum atomic E-state index is -0.148. The summed E-state index contributed by atoms with van der Waals surface area (Å²) in [5, 5.41) is 2.85. The number of amides is 1. The molecule has 0 aliphatic rings. The molecule has 0 spiro atoms. The zero-order valence-electron chi connectivity index (χ0n) is 11.2. The Balaban J connectivity index is 2.76. The Bertz CT molecular complexity index is 419. The summed E-state index contributed by atoms with van der Waals surface area (Å²) in [6.45, 7) is 3.87. The lowest BCUT2D eigenvalue weighted by Gasteiger charge is -2.18. The zero-order chi connectivity index (χ0) is 13.7. The number of anilines is 2. The molecule has 0 saturated heterocycles. The van der Waals surface area contributed by atoms with E-state index in [1.165, 1.54) is 0 Å². The molecule has 0 radical (unpaired) electrons. The monoisotopic (exact) mass is 314 g/mol. The topological polar surface area (TPSA) is 41.6 Å². The number of ether oxygens (including phenoxy) is 1. The molecule has 1 N–H and O–H groups in total. The normalized spacial score (nSPS) is 10.6. The van der Waals surface area contributed by atoms with Gasteiger partial charge in [-0.05, 0) is 32.0 Å². The largest absolute Gasteiger partial charge is 0.376 e. The summed E-state index contributed by atoms with van der Waals surface area (Å²) in [6.07, 6.45) is 0.0478. The van der Waals surface area contributed by atoms with Crippen molar-refractivity contribution in [2.45, 2.75) is 20.0 Å². The van der Waals surface area contributed by atoms with E-state index < -0.39 is 0 Å². The van der Waals surface area contributed by atoms with E-state index in [4.69, 9.17) is 4.74 Å². The van der Waals surface area contributed by atoms with Gasteiger partial charge < -0.3 is 15.0 Å². The summed E-state index contributed by atoms with van der Waals surface area (Å²) in [5.41, 5.74) is 1.72. The fourth-order valence-corrected chi connectivity index (χ4v) is 1.79. The molecule has 1 amide bonds.